The van der Waals surface area contributed by atoms with Gasteiger partial charge < -0.3 is 14.6 Å². The highest BCUT2D eigenvalue weighted by Crippen LogP contribution is 2.32. The number of nitrogens with zero attached hydrogens (tertiary/aromatic N) is 2. The first kappa shape index (κ1) is 13.4. The van der Waals surface area contributed by atoms with Gasteiger partial charge in [-0.15, -0.1) is 0 Å². The summed E-state index contributed by atoms with van der Waals surface area (Å²) >= 11 is 0. The summed E-state index contributed by atoms with van der Waals surface area (Å²) in [5.74, 6) is -1.43. The molecular formula is C16H16N2O3. The molecule has 1 aliphatic heterocycles. The summed E-state index contributed by atoms with van der Waals surface area (Å²) in [5.41, 5.74) is 2.02. The summed E-state index contributed by atoms with van der Waals surface area (Å²) in [6.07, 6.45) is 1.52. The van der Waals surface area contributed by atoms with Crippen molar-refractivity contribution in [3.05, 3.63) is 59.9 Å². The normalized spacial score (nSPS) is 17.3. The summed E-state index contributed by atoms with van der Waals surface area (Å²) in [4.78, 5) is 24.8. The van der Waals surface area contributed by atoms with Crippen LogP contribution in [0, 0.1) is 0 Å². The molecule has 5 heteroatoms. The third-order valence-corrected chi connectivity index (χ3v) is 3.78. The molecule has 3 rings (SSSR count). The SMILES string of the molecule is O=C(O)CC(=O)N1CCn2cccc2C1c1ccccc1. The Morgan fingerprint density at radius 3 is 2.57 bits per heavy atom. The molecule has 0 saturated carbocycles. The van der Waals surface area contributed by atoms with Crippen molar-refractivity contribution >= 4 is 11.9 Å². The largest absolute Gasteiger partial charge is 0.481 e. The number of carbonyl (C=O) groups is 2. The van der Waals surface area contributed by atoms with Crippen LogP contribution in [0.2, 0.25) is 0 Å². The molecule has 1 aliphatic rings. The third kappa shape index (κ3) is 2.54. The van der Waals surface area contributed by atoms with Crippen LogP contribution in [0.1, 0.15) is 23.7 Å². The highest BCUT2D eigenvalue weighted by atomic mass is 16.4. The fourth-order valence-corrected chi connectivity index (χ4v) is 2.87. The van der Waals surface area contributed by atoms with Gasteiger partial charge in [-0.25, -0.2) is 0 Å². The van der Waals surface area contributed by atoms with Gasteiger partial charge in [0.05, 0.1) is 6.04 Å². The Morgan fingerprint density at radius 2 is 1.86 bits per heavy atom. The molecule has 1 aromatic carbocycles. The minimum Gasteiger partial charge on any atom is -0.481 e. The summed E-state index contributed by atoms with van der Waals surface area (Å²) in [6.45, 7) is 1.21. The number of carboxylic acids is 1. The van der Waals surface area contributed by atoms with Crippen LogP contribution in [0.4, 0.5) is 0 Å². The first-order valence-electron chi connectivity index (χ1n) is 6.88. The third-order valence-electron chi connectivity index (χ3n) is 3.78. The van der Waals surface area contributed by atoms with Crippen LogP contribution in [0.15, 0.2) is 48.7 Å². The standard InChI is InChI=1S/C16H16N2O3/c19-14(11-15(20)21)18-10-9-17-8-4-7-13(17)16(18)12-5-2-1-3-6-12/h1-8,16H,9-11H2,(H,20,21). The average molecular weight is 284 g/mol. The van der Waals surface area contributed by atoms with Gasteiger partial charge >= 0.3 is 5.97 Å². The van der Waals surface area contributed by atoms with Gasteiger partial charge in [0, 0.05) is 25.0 Å². The maximum atomic E-state index is 12.3. The molecule has 0 radical (unpaired) electrons. The number of carbonyl (C=O) groups excluding carboxylic acids is 1. The molecule has 1 amide bonds. The quantitative estimate of drug-likeness (QED) is 0.876. The number of fused-ring (bicyclic) bond motifs is 1. The van der Waals surface area contributed by atoms with E-state index in [-0.39, 0.29) is 11.9 Å². The number of aliphatic carboxylic acids is 1. The summed E-state index contributed by atoms with van der Waals surface area (Å²) in [7, 11) is 0. The average Bonchev–Trinajstić information content (AvgIpc) is 2.94. The molecule has 0 bridgehead atoms. The number of aromatic nitrogens is 1. The number of hydrogen-bond acceptors (Lipinski definition) is 2. The molecule has 0 spiro atoms. The van der Waals surface area contributed by atoms with Crippen LogP contribution in [-0.4, -0.2) is 33.0 Å². The van der Waals surface area contributed by atoms with E-state index in [1.165, 1.54) is 0 Å². The Hall–Kier alpha value is -2.56. The van der Waals surface area contributed by atoms with E-state index < -0.39 is 12.4 Å². The monoisotopic (exact) mass is 284 g/mol. The van der Waals surface area contributed by atoms with Gasteiger partial charge in [0.15, 0.2) is 0 Å². The summed E-state index contributed by atoms with van der Waals surface area (Å²) in [5, 5.41) is 8.87. The van der Waals surface area contributed by atoms with Crippen LogP contribution >= 0.6 is 0 Å². The second-order valence-corrected chi connectivity index (χ2v) is 5.10. The van der Waals surface area contributed by atoms with Crippen molar-refractivity contribution < 1.29 is 14.7 Å². The fraction of sp³-hybridized carbons (Fsp3) is 0.250. The maximum absolute atomic E-state index is 12.3. The fourth-order valence-electron chi connectivity index (χ4n) is 2.87. The first-order chi connectivity index (χ1) is 10.2. The van der Waals surface area contributed by atoms with E-state index in [1.807, 2.05) is 48.7 Å². The predicted molar refractivity (Wildman–Crippen MR) is 76.7 cm³/mol. The predicted octanol–water partition coefficient (Wildman–Crippen LogP) is 1.89. The molecule has 1 aromatic heterocycles. The minimum atomic E-state index is -1.09. The van der Waals surface area contributed by atoms with E-state index in [2.05, 4.69) is 4.57 Å². The molecule has 1 unspecified atom stereocenters. The second-order valence-electron chi connectivity index (χ2n) is 5.10. The van der Waals surface area contributed by atoms with Crippen molar-refractivity contribution in [1.82, 2.24) is 9.47 Å². The number of rotatable bonds is 3. The lowest BCUT2D eigenvalue weighted by molar-refractivity contribution is -0.145. The van der Waals surface area contributed by atoms with Gasteiger partial charge in [0.2, 0.25) is 5.91 Å². The smallest absolute Gasteiger partial charge is 0.312 e. The Bertz CT molecular complexity index is 663. The molecule has 1 N–H and O–H groups in total. The van der Waals surface area contributed by atoms with Gasteiger partial charge in [-0.05, 0) is 17.7 Å². The van der Waals surface area contributed by atoms with Crippen LogP contribution < -0.4 is 0 Å². The molecule has 21 heavy (non-hydrogen) atoms. The van der Waals surface area contributed by atoms with Crippen molar-refractivity contribution in [3.63, 3.8) is 0 Å². The van der Waals surface area contributed by atoms with E-state index in [1.54, 1.807) is 4.90 Å². The van der Waals surface area contributed by atoms with Crippen molar-refractivity contribution in [1.29, 1.82) is 0 Å². The topological polar surface area (TPSA) is 62.5 Å². The van der Waals surface area contributed by atoms with Gasteiger partial charge in [-0.3, -0.25) is 9.59 Å². The zero-order chi connectivity index (χ0) is 14.8. The molecule has 2 heterocycles. The number of hydrogen-bond donors (Lipinski definition) is 1. The zero-order valence-corrected chi connectivity index (χ0v) is 11.5. The summed E-state index contributed by atoms with van der Waals surface area (Å²) < 4.78 is 2.11. The van der Waals surface area contributed by atoms with E-state index in [9.17, 15) is 9.59 Å². The highest BCUT2D eigenvalue weighted by Gasteiger charge is 2.32. The van der Waals surface area contributed by atoms with Gasteiger partial charge in [0.1, 0.15) is 6.42 Å². The first-order valence-corrected chi connectivity index (χ1v) is 6.88. The Balaban J connectivity index is 2.00. The minimum absolute atomic E-state index is 0.221. The van der Waals surface area contributed by atoms with Crippen molar-refractivity contribution in [2.75, 3.05) is 6.54 Å². The van der Waals surface area contributed by atoms with E-state index >= 15 is 0 Å². The molecule has 0 fully saturated rings. The zero-order valence-electron chi connectivity index (χ0n) is 11.5. The van der Waals surface area contributed by atoms with E-state index in [0.29, 0.717) is 13.1 Å². The Morgan fingerprint density at radius 1 is 1.10 bits per heavy atom. The van der Waals surface area contributed by atoms with Gasteiger partial charge in [-0.2, -0.15) is 0 Å². The molecule has 2 aromatic rings. The van der Waals surface area contributed by atoms with Gasteiger partial charge in [0.25, 0.3) is 0 Å². The molecule has 5 nitrogen and oxygen atoms in total. The van der Waals surface area contributed by atoms with E-state index in [0.717, 1.165) is 11.3 Å². The lowest BCUT2D eigenvalue weighted by Gasteiger charge is -2.37. The molecule has 108 valence electrons. The molecular weight excluding hydrogens is 268 g/mol. The molecule has 1 atom stereocenters. The Labute approximate surface area is 122 Å². The van der Waals surface area contributed by atoms with E-state index in [4.69, 9.17) is 5.11 Å². The molecule has 0 aliphatic carbocycles. The van der Waals surface area contributed by atoms with Gasteiger partial charge in [-0.1, -0.05) is 30.3 Å². The van der Waals surface area contributed by atoms with Crippen molar-refractivity contribution in [2.45, 2.75) is 19.0 Å². The van der Waals surface area contributed by atoms with Crippen LogP contribution in [0.5, 0.6) is 0 Å². The lowest BCUT2D eigenvalue weighted by Crippen LogP contribution is -2.43. The lowest BCUT2D eigenvalue weighted by atomic mass is 9.99. The maximum Gasteiger partial charge on any atom is 0.312 e. The van der Waals surface area contributed by atoms with Crippen LogP contribution in [0.25, 0.3) is 0 Å². The van der Waals surface area contributed by atoms with Crippen molar-refractivity contribution in [2.24, 2.45) is 0 Å². The number of benzene rings is 1. The van der Waals surface area contributed by atoms with Crippen LogP contribution in [0.3, 0.4) is 0 Å². The number of carboxylic acid groups (broad SMARTS) is 1. The Kier molecular flexibility index (Phi) is 3.48. The molecule has 0 saturated heterocycles. The highest BCUT2D eigenvalue weighted by molar-refractivity contribution is 5.93. The van der Waals surface area contributed by atoms with Crippen molar-refractivity contribution in [3.8, 4) is 0 Å². The number of amides is 1. The van der Waals surface area contributed by atoms with Crippen LogP contribution in [-0.2, 0) is 16.1 Å². The second kappa shape index (κ2) is 5.44. The summed E-state index contributed by atoms with van der Waals surface area (Å²) in [6, 6.07) is 13.4.